The zero-order valence-electron chi connectivity index (χ0n) is 32.1. The number of ether oxygens (including phenoxy) is 5. The Balaban J connectivity index is 1.26. The molecular weight excluding hydrogens is 685 g/mol. The van der Waals surface area contributed by atoms with Crippen LogP contribution in [0.15, 0.2) is 146 Å². The first-order valence-electron chi connectivity index (χ1n) is 19.4. The average molecular weight is 737 g/mol. The summed E-state index contributed by atoms with van der Waals surface area (Å²) in [6.07, 6.45) is -0.977. The fourth-order valence-electron chi connectivity index (χ4n) is 7.26. The Labute approximate surface area is 325 Å². The van der Waals surface area contributed by atoms with Gasteiger partial charge in [-0.15, -0.1) is 0 Å². The van der Waals surface area contributed by atoms with Crippen molar-refractivity contribution in [3.8, 4) is 0 Å². The molecule has 0 radical (unpaired) electrons. The topological polar surface area (TPSA) is 64.0 Å². The molecule has 0 aliphatic carbocycles. The van der Waals surface area contributed by atoms with Gasteiger partial charge in [0, 0.05) is 17.7 Å². The zero-order valence-corrected chi connectivity index (χ0v) is 32.1. The molecule has 1 aliphatic rings. The molecule has 0 spiro atoms. The van der Waals surface area contributed by atoms with E-state index in [4.69, 9.17) is 28.8 Å². The van der Waals surface area contributed by atoms with Crippen LogP contribution in [0.5, 0.6) is 0 Å². The van der Waals surface area contributed by atoms with Gasteiger partial charge in [0.15, 0.2) is 6.23 Å². The molecule has 1 aliphatic heterocycles. The molecule has 6 aromatic rings. The van der Waals surface area contributed by atoms with E-state index in [1.165, 1.54) is 16.7 Å². The number of nitrogens with zero attached hydrogens (tertiary/aromatic N) is 2. The molecule has 1 fully saturated rings. The van der Waals surface area contributed by atoms with E-state index in [0.717, 1.165) is 46.5 Å². The summed E-state index contributed by atoms with van der Waals surface area (Å²) in [7, 11) is 0. The Bertz CT molecular complexity index is 2020. The molecule has 0 saturated carbocycles. The molecule has 1 saturated heterocycles. The standard InChI is InChI=1S/C48H52N2O5/c1-4-37-25-27-38(28-26-37)29-43-35(2)49-50(36(43)3)48-47(54-33-42-23-15-8-16-24-42)46(53-32-41-21-13-7-14-22-41)45(52-31-40-19-11-6-12-20-40)44(55-48)34-51-30-39-17-9-5-10-18-39/h5-28,44-48H,4,29-34H2,1-3H3/t44-,45-,46+,47-,48?/m1/s1. The van der Waals surface area contributed by atoms with Crippen LogP contribution in [0.4, 0.5) is 0 Å². The third-order valence-electron chi connectivity index (χ3n) is 10.4. The van der Waals surface area contributed by atoms with Crippen LogP contribution in [0.1, 0.15) is 63.5 Å². The summed E-state index contributed by atoms with van der Waals surface area (Å²) in [5.74, 6) is 0. The predicted octanol–water partition coefficient (Wildman–Crippen LogP) is 9.52. The first kappa shape index (κ1) is 38.4. The first-order chi connectivity index (χ1) is 27.1. The van der Waals surface area contributed by atoms with Crippen molar-refractivity contribution in [1.29, 1.82) is 0 Å². The van der Waals surface area contributed by atoms with Crippen LogP contribution in [0.25, 0.3) is 0 Å². The second kappa shape index (κ2) is 19.1. The van der Waals surface area contributed by atoms with Crippen LogP contribution in [-0.4, -0.2) is 40.8 Å². The van der Waals surface area contributed by atoms with Crippen LogP contribution in [0.3, 0.4) is 0 Å². The lowest BCUT2D eigenvalue weighted by molar-refractivity contribution is -0.292. The van der Waals surface area contributed by atoms with Gasteiger partial charge < -0.3 is 23.7 Å². The van der Waals surface area contributed by atoms with E-state index in [0.29, 0.717) is 26.4 Å². The van der Waals surface area contributed by atoms with Gasteiger partial charge in [0.1, 0.15) is 24.4 Å². The van der Waals surface area contributed by atoms with E-state index >= 15 is 0 Å². The Kier molecular flexibility index (Phi) is 13.3. The van der Waals surface area contributed by atoms with Crippen LogP contribution < -0.4 is 0 Å². The fraction of sp³-hybridized carbons (Fsp3) is 0.312. The molecule has 1 aromatic heterocycles. The van der Waals surface area contributed by atoms with E-state index < -0.39 is 30.6 Å². The van der Waals surface area contributed by atoms with Gasteiger partial charge in [-0.05, 0) is 53.6 Å². The lowest BCUT2D eigenvalue weighted by Crippen LogP contribution is -2.59. The van der Waals surface area contributed by atoms with E-state index in [9.17, 15) is 0 Å². The normalized spacial score (nSPS) is 19.7. The van der Waals surface area contributed by atoms with Gasteiger partial charge in [0.25, 0.3) is 0 Å². The summed E-state index contributed by atoms with van der Waals surface area (Å²) >= 11 is 0. The highest BCUT2D eigenvalue weighted by Crippen LogP contribution is 2.37. The van der Waals surface area contributed by atoms with Crippen molar-refractivity contribution in [3.63, 3.8) is 0 Å². The van der Waals surface area contributed by atoms with Crippen molar-refractivity contribution in [2.45, 2.75) is 90.7 Å². The molecule has 0 amide bonds. The average Bonchev–Trinajstić information content (AvgIpc) is 3.51. The van der Waals surface area contributed by atoms with Gasteiger partial charge in [-0.3, -0.25) is 0 Å². The minimum atomic E-state index is -0.624. The van der Waals surface area contributed by atoms with Crippen LogP contribution in [-0.2, 0) is 63.0 Å². The third-order valence-corrected chi connectivity index (χ3v) is 10.4. The summed E-state index contributed by atoms with van der Waals surface area (Å²) < 4.78 is 36.4. The maximum atomic E-state index is 7.17. The summed E-state index contributed by atoms with van der Waals surface area (Å²) in [5, 5.41) is 5.18. The maximum Gasteiger partial charge on any atom is 0.179 e. The molecule has 0 bridgehead atoms. The molecule has 7 heteroatoms. The number of hydrogen-bond acceptors (Lipinski definition) is 6. The largest absolute Gasteiger partial charge is 0.374 e. The molecule has 55 heavy (non-hydrogen) atoms. The number of rotatable bonds is 17. The highest BCUT2D eigenvalue weighted by Gasteiger charge is 2.50. The fourth-order valence-corrected chi connectivity index (χ4v) is 7.26. The van der Waals surface area contributed by atoms with Crippen LogP contribution in [0, 0.1) is 13.8 Å². The smallest absolute Gasteiger partial charge is 0.179 e. The van der Waals surface area contributed by atoms with E-state index in [2.05, 4.69) is 93.6 Å². The van der Waals surface area contributed by atoms with Crippen LogP contribution >= 0.6 is 0 Å². The van der Waals surface area contributed by atoms with Gasteiger partial charge >= 0.3 is 0 Å². The molecule has 5 atom stereocenters. The lowest BCUT2D eigenvalue weighted by Gasteiger charge is -2.46. The van der Waals surface area contributed by atoms with E-state index in [1.807, 2.05) is 77.5 Å². The summed E-state index contributed by atoms with van der Waals surface area (Å²) in [5.41, 5.74) is 10.0. The highest BCUT2D eigenvalue weighted by molar-refractivity contribution is 5.34. The third kappa shape index (κ3) is 10.1. The molecule has 7 rings (SSSR count). The number of aryl methyl sites for hydroxylation is 2. The molecule has 1 unspecified atom stereocenters. The van der Waals surface area contributed by atoms with Crippen molar-refractivity contribution in [2.24, 2.45) is 0 Å². The molecular formula is C48H52N2O5. The number of hydrogen-bond donors (Lipinski definition) is 0. The number of benzene rings is 5. The predicted molar refractivity (Wildman–Crippen MR) is 215 cm³/mol. The lowest BCUT2D eigenvalue weighted by atomic mass is 9.96. The summed E-state index contributed by atoms with van der Waals surface area (Å²) in [6.45, 7) is 8.26. The van der Waals surface area contributed by atoms with Crippen molar-refractivity contribution in [3.05, 3.63) is 196 Å². The van der Waals surface area contributed by atoms with Crippen molar-refractivity contribution in [2.75, 3.05) is 6.61 Å². The van der Waals surface area contributed by atoms with Crippen LogP contribution in [0.2, 0.25) is 0 Å². The van der Waals surface area contributed by atoms with E-state index in [1.54, 1.807) is 0 Å². The Morgan fingerprint density at radius 1 is 0.527 bits per heavy atom. The molecule has 284 valence electrons. The highest BCUT2D eigenvalue weighted by atomic mass is 16.6. The minimum Gasteiger partial charge on any atom is -0.374 e. The summed E-state index contributed by atoms with van der Waals surface area (Å²) in [6, 6.07) is 49.8. The maximum absolute atomic E-state index is 7.17. The monoisotopic (exact) mass is 736 g/mol. The second-order valence-corrected chi connectivity index (χ2v) is 14.3. The van der Waals surface area contributed by atoms with Gasteiger partial charge in [-0.1, -0.05) is 153 Å². The summed E-state index contributed by atoms with van der Waals surface area (Å²) in [4.78, 5) is 0. The Morgan fingerprint density at radius 3 is 1.49 bits per heavy atom. The molecule has 2 heterocycles. The van der Waals surface area contributed by atoms with Crippen molar-refractivity contribution in [1.82, 2.24) is 9.78 Å². The zero-order chi connectivity index (χ0) is 37.8. The molecule has 7 nitrogen and oxygen atoms in total. The number of aromatic nitrogens is 2. The SMILES string of the molecule is CCc1ccc(Cc2c(C)nn(C3O[C@H](COCc4ccccc4)[C@@H](OCc4ccccc4)[C@H](OCc4ccccc4)[C@H]3OCc3ccccc3)c2C)cc1. The first-order valence-corrected chi connectivity index (χ1v) is 19.4. The van der Waals surface area contributed by atoms with Crippen molar-refractivity contribution >= 4 is 0 Å². The minimum absolute atomic E-state index is 0.289. The van der Waals surface area contributed by atoms with Gasteiger partial charge in [-0.25, -0.2) is 4.68 Å². The quantitative estimate of drug-likeness (QED) is 0.0930. The van der Waals surface area contributed by atoms with Gasteiger partial charge in [0.05, 0.1) is 38.7 Å². The molecule has 0 N–H and O–H groups in total. The van der Waals surface area contributed by atoms with Gasteiger partial charge in [-0.2, -0.15) is 5.10 Å². The molecule has 5 aromatic carbocycles. The Morgan fingerprint density at radius 2 is 0.982 bits per heavy atom. The van der Waals surface area contributed by atoms with E-state index in [-0.39, 0.29) is 6.61 Å². The van der Waals surface area contributed by atoms with Gasteiger partial charge in [0.2, 0.25) is 0 Å². The van der Waals surface area contributed by atoms with Crippen molar-refractivity contribution < 1.29 is 23.7 Å². The second-order valence-electron chi connectivity index (χ2n) is 14.3. The Hall–Kier alpha value is -4.89.